The maximum absolute atomic E-state index is 14.6. The molecular formula is C47H36N2O8. The lowest BCUT2D eigenvalue weighted by Gasteiger charge is -2.44. The Morgan fingerprint density at radius 3 is 1.60 bits per heavy atom. The Morgan fingerprint density at radius 2 is 1.07 bits per heavy atom. The summed E-state index contributed by atoms with van der Waals surface area (Å²) in [7, 11) is 1.43. The number of fused-ring (bicyclic) bond motifs is 4. The first-order valence-electron chi connectivity index (χ1n) is 18.9. The third kappa shape index (κ3) is 5.78. The van der Waals surface area contributed by atoms with E-state index < -0.39 is 53.2 Å². The molecule has 10 heteroatoms. The van der Waals surface area contributed by atoms with Crippen LogP contribution in [0, 0.1) is 29.6 Å². The van der Waals surface area contributed by atoms with Crippen LogP contribution in [0.2, 0.25) is 0 Å². The minimum Gasteiger partial charge on any atom is -0.504 e. The number of amides is 4. The van der Waals surface area contributed by atoms with E-state index in [1.807, 2.05) is 18.2 Å². The number of nitrogens with zero attached hydrogens (tertiary/aromatic N) is 2. The zero-order valence-corrected chi connectivity index (χ0v) is 30.8. The van der Waals surface area contributed by atoms with E-state index in [-0.39, 0.29) is 41.8 Å². The van der Waals surface area contributed by atoms with E-state index >= 15 is 0 Å². The molecule has 9 rings (SSSR count). The molecule has 1 saturated carbocycles. The molecular weight excluding hydrogens is 721 g/mol. The third-order valence-electron chi connectivity index (χ3n) is 12.1. The van der Waals surface area contributed by atoms with E-state index in [4.69, 9.17) is 4.74 Å². The molecule has 3 fully saturated rings. The van der Waals surface area contributed by atoms with Gasteiger partial charge in [-0.1, -0.05) is 78.4 Å². The molecule has 1 N–H and O–H groups in total. The second-order valence-electron chi connectivity index (χ2n) is 15.0. The third-order valence-corrected chi connectivity index (χ3v) is 12.1. The van der Waals surface area contributed by atoms with Crippen LogP contribution in [0.1, 0.15) is 56.2 Å². The highest BCUT2D eigenvalue weighted by molar-refractivity contribution is 6.24. The number of carbonyl (C=O) groups is 6. The van der Waals surface area contributed by atoms with Crippen molar-refractivity contribution in [1.82, 2.24) is 0 Å². The SMILES string of the molecule is COc1cc(C2C3=CCC4C(=O)N(c5ccc(C(=O)c6ccccc6)cc5)C(=O)C4C3CC3C(=O)N(c4ccc(C(=O)c5ccccc5)cc4)C(=O)C32)ccc1O. The van der Waals surface area contributed by atoms with Gasteiger partial charge < -0.3 is 9.84 Å². The van der Waals surface area contributed by atoms with Crippen LogP contribution in [0.5, 0.6) is 11.5 Å². The zero-order valence-electron chi connectivity index (χ0n) is 30.8. The lowest BCUT2D eigenvalue weighted by Crippen LogP contribution is -2.43. The van der Waals surface area contributed by atoms with Gasteiger partial charge in [0.2, 0.25) is 23.6 Å². The summed E-state index contributed by atoms with van der Waals surface area (Å²) in [5.74, 6) is -6.18. The van der Waals surface area contributed by atoms with Crippen molar-refractivity contribution in [2.75, 3.05) is 16.9 Å². The topological polar surface area (TPSA) is 138 Å². The number of ether oxygens (including phenoxy) is 1. The number of aromatic hydroxyl groups is 1. The lowest BCUT2D eigenvalue weighted by atomic mass is 9.57. The minimum atomic E-state index is -0.838. The number of anilines is 2. The maximum atomic E-state index is 14.6. The quantitative estimate of drug-likeness (QED) is 0.103. The number of carbonyl (C=O) groups excluding carboxylic acids is 6. The molecule has 0 radical (unpaired) electrons. The Labute approximate surface area is 328 Å². The van der Waals surface area contributed by atoms with Crippen LogP contribution in [0.4, 0.5) is 11.4 Å². The molecule has 0 spiro atoms. The van der Waals surface area contributed by atoms with Gasteiger partial charge in [0.1, 0.15) is 0 Å². The molecule has 5 aromatic rings. The molecule has 0 aromatic heterocycles. The number of allylic oxidation sites excluding steroid dienone is 2. The molecule has 2 saturated heterocycles. The second-order valence-corrected chi connectivity index (χ2v) is 15.0. The summed E-state index contributed by atoms with van der Waals surface area (Å²) >= 11 is 0. The molecule has 4 aliphatic rings. The van der Waals surface area contributed by atoms with E-state index in [2.05, 4.69) is 0 Å². The van der Waals surface area contributed by atoms with Gasteiger partial charge in [0, 0.05) is 28.2 Å². The highest BCUT2D eigenvalue weighted by atomic mass is 16.5. The van der Waals surface area contributed by atoms with Gasteiger partial charge in [-0.15, -0.1) is 0 Å². The molecule has 6 atom stereocenters. The molecule has 4 amide bonds. The monoisotopic (exact) mass is 756 g/mol. The molecule has 282 valence electrons. The standard InChI is InChI=1S/C47H36N2O8/c1-57-38-24-30(16-23-37(38)50)39-33-21-22-34-40(46(55)48(44(34)53)31-17-12-28(13-18-31)42(51)26-8-4-2-5-9-26)35(33)25-36-41(39)47(56)49(45(36)54)32-19-14-29(15-20-32)43(52)27-10-6-3-7-11-27/h2-21,23-24,34-36,39-41,50H,22,25H2,1H3. The number of methoxy groups -OCH3 is 1. The molecule has 0 bridgehead atoms. The number of phenolic OH excluding ortho intramolecular Hbond substituents is 1. The Kier molecular flexibility index (Phi) is 8.76. The highest BCUT2D eigenvalue weighted by Crippen LogP contribution is 2.59. The molecule has 2 aliphatic carbocycles. The average molecular weight is 757 g/mol. The van der Waals surface area contributed by atoms with Gasteiger partial charge in [0.05, 0.1) is 42.2 Å². The number of ketones is 2. The van der Waals surface area contributed by atoms with Crippen LogP contribution >= 0.6 is 0 Å². The number of hydrogen-bond donors (Lipinski definition) is 1. The van der Waals surface area contributed by atoms with Gasteiger partial charge in [0.25, 0.3) is 0 Å². The van der Waals surface area contributed by atoms with Crippen molar-refractivity contribution in [3.63, 3.8) is 0 Å². The van der Waals surface area contributed by atoms with Gasteiger partial charge in [-0.3, -0.25) is 38.6 Å². The van der Waals surface area contributed by atoms with Crippen molar-refractivity contribution in [3.05, 3.63) is 167 Å². The van der Waals surface area contributed by atoms with Gasteiger partial charge in [-0.25, -0.2) is 0 Å². The minimum absolute atomic E-state index is 0.0906. The predicted molar refractivity (Wildman–Crippen MR) is 210 cm³/mol. The molecule has 6 unspecified atom stereocenters. The van der Waals surface area contributed by atoms with E-state index in [1.54, 1.807) is 109 Å². The average Bonchev–Trinajstić information content (AvgIpc) is 3.66. The second kappa shape index (κ2) is 14.0. The van der Waals surface area contributed by atoms with Crippen LogP contribution in [-0.2, 0) is 19.2 Å². The smallest absolute Gasteiger partial charge is 0.238 e. The van der Waals surface area contributed by atoms with Gasteiger partial charge in [-0.05, 0) is 85.0 Å². The molecule has 5 aromatic carbocycles. The first-order chi connectivity index (χ1) is 27.7. The Hall–Kier alpha value is -6.94. The highest BCUT2D eigenvalue weighted by Gasteiger charge is 2.62. The van der Waals surface area contributed by atoms with Crippen molar-refractivity contribution in [2.45, 2.75) is 18.8 Å². The summed E-state index contributed by atoms with van der Waals surface area (Å²) in [6, 6.07) is 35.3. The first kappa shape index (κ1) is 35.7. The van der Waals surface area contributed by atoms with Gasteiger partial charge >= 0.3 is 0 Å². The van der Waals surface area contributed by atoms with Crippen LogP contribution in [-0.4, -0.2) is 47.4 Å². The summed E-state index contributed by atoms with van der Waals surface area (Å²) in [6.07, 6.45) is 2.38. The van der Waals surface area contributed by atoms with Crippen molar-refractivity contribution in [1.29, 1.82) is 0 Å². The summed E-state index contributed by atoms with van der Waals surface area (Å²) in [6.45, 7) is 0. The summed E-state index contributed by atoms with van der Waals surface area (Å²) in [5, 5.41) is 10.5. The molecule has 2 heterocycles. The van der Waals surface area contributed by atoms with Crippen LogP contribution < -0.4 is 14.5 Å². The van der Waals surface area contributed by atoms with Gasteiger partial charge in [-0.2, -0.15) is 0 Å². The van der Waals surface area contributed by atoms with Crippen molar-refractivity contribution >= 4 is 46.6 Å². The zero-order chi connectivity index (χ0) is 39.5. The Morgan fingerprint density at radius 1 is 0.579 bits per heavy atom. The van der Waals surface area contributed by atoms with E-state index in [0.29, 0.717) is 39.2 Å². The van der Waals surface area contributed by atoms with E-state index in [0.717, 1.165) is 5.57 Å². The largest absolute Gasteiger partial charge is 0.504 e. The maximum Gasteiger partial charge on any atom is 0.238 e. The normalized spacial score (nSPS) is 23.8. The molecule has 57 heavy (non-hydrogen) atoms. The number of imide groups is 2. The van der Waals surface area contributed by atoms with Crippen LogP contribution in [0.3, 0.4) is 0 Å². The van der Waals surface area contributed by atoms with Crippen LogP contribution in [0.25, 0.3) is 0 Å². The van der Waals surface area contributed by atoms with E-state index in [9.17, 15) is 33.9 Å². The molecule has 2 aliphatic heterocycles. The number of hydrogen-bond acceptors (Lipinski definition) is 8. The van der Waals surface area contributed by atoms with Crippen molar-refractivity contribution in [3.8, 4) is 11.5 Å². The summed E-state index contributed by atoms with van der Waals surface area (Å²) in [5.41, 5.74) is 3.97. The van der Waals surface area contributed by atoms with E-state index in [1.165, 1.54) is 23.0 Å². The predicted octanol–water partition coefficient (Wildman–Crippen LogP) is 6.91. The number of phenols is 1. The lowest BCUT2D eigenvalue weighted by molar-refractivity contribution is -0.126. The van der Waals surface area contributed by atoms with Crippen LogP contribution in [0.15, 0.2) is 139 Å². The summed E-state index contributed by atoms with van der Waals surface area (Å²) < 4.78 is 5.45. The number of benzene rings is 5. The Balaban J connectivity index is 1.05. The first-order valence-corrected chi connectivity index (χ1v) is 18.9. The fraction of sp³-hybridized carbons (Fsp3) is 0.191. The van der Waals surface area contributed by atoms with Crippen molar-refractivity contribution in [2.24, 2.45) is 29.6 Å². The van der Waals surface area contributed by atoms with Crippen molar-refractivity contribution < 1.29 is 38.6 Å². The van der Waals surface area contributed by atoms with Gasteiger partial charge in [0.15, 0.2) is 23.1 Å². The Bertz CT molecular complexity index is 2510. The number of rotatable bonds is 8. The summed E-state index contributed by atoms with van der Waals surface area (Å²) in [4.78, 5) is 86.3. The fourth-order valence-corrected chi connectivity index (χ4v) is 9.40. The molecule has 10 nitrogen and oxygen atoms in total. The fourth-order valence-electron chi connectivity index (χ4n) is 9.40.